The fraction of sp³-hybridized carbons (Fsp3) is 0.552. The average molecular weight is 535 g/mol. The molecule has 1 aliphatic rings. The topological polar surface area (TPSA) is 57.0 Å². The maximum atomic E-state index is 15.2. The normalized spacial score (nSPS) is 14.5. The van der Waals surface area contributed by atoms with Crippen molar-refractivity contribution in [3.05, 3.63) is 46.8 Å². The van der Waals surface area contributed by atoms with Crippen LogP contribution in [0.25, 0.3) is 11.0 Å². The smallest absolute Gasteiger partial charge is 0.180 e. The molecule has 0 radical (unpaired) electrons. The third-order valence-corrected chi connectivity index (χ3v) is 6.97. The van der Waals surface area contributed by atoms with E-state index < -0.39 is 0 Å². The number of halogens is 2. The Bertz CT molecular complexity index is 1150. The van der Waals surface area contributed by atoms with Crippen LogP contribution in [-0.4, -0.2) is 38.6 Å². The van der Waals surface area contributed by atoms with Crippen molar-refractivity contribution in [3.8, 4) is 11.5 Å². The van der Waals surface area contributed by atoms with Crippen molar-refractivity contribution in [2.45, 2.75) is 71.8 Å². The molecule has 0 N–H and O–H groups in total. The van der Waals surface area contributed by atoms with E-state index in [1.54, 1.807) is 7.11 Å². The quantitative estimate of drug-likeness (QED) is 0.225. The van der Waals surface area contributed by atoms with Crippen molar-refractivity contribution in [1.82, 2.24) is 5.16 Å². The minimum atomic E-state index is -0.223. The zero-order chi connectivity index (χ0) is 25.5. The predicted octanol–water partition coefficient (Wildman–Crippen LogP) is 7.45. The van der Waals surface area contributed by atoms with Crippen molar-refractivity contribution >= 4 is 29.2 Å². The Kier molecular flexibility index (Phi) is 10.9. The van der Waals surface area contributed by atoms with Crippen molar-refractivity contribution in [2.24, 2.45) is 0 Å². The van der Waals surface area contributed by atoms with Gasteiger partial charge in [0.2, 0.25) is 0 Å². The van der Waals surface area contributed by atoms with Crippen LogP contribution in [0.4, 0.5) is 10.2 Å². The number of piperidine rings is 1. The SMILES string of the molecule is CCCc1c(CCCOc2ccc(C(C)OCC)cc2OC)c(F)cc2onc(N3CCCCC3)c12.Cl. The molecule has 1 unspecified atom stereocenters. The lowest BCUT2D eigenvalue weighted by molar-refractivity contribution is 0.0761. The number of hydrogen-bond donors (Lipinski definition) is 0. The van der Waals surface area contributed by atoms with Crippen LogP contribution in [0, 0.1) is 5.82 Å². The van der Waals surface area contributed by atoms with Crippen molar-refractivity contribution in [1.29, 1.82) is 0 Å². The Morgan fingerprint density at radius 1 is 1.05 bits per heavy atom. The van der Waals surface area contributed by atoms with Gasteiger partial charge in [0, 0.05) is 25.8 Å². The van der Waals surface area contributed by atoms with E-state index >= 15 is 4.39 Å². The van der Waals surface area contributed by atoms with Crippen LogP contribution < -0.4 is 14.4 Å². The van der Waals surface area contributed by atoms with Gasteiger partial charge in [0.15, 0.2) is 22.9 Å². The highest BCUT2D eigenvalue weighted by molar-refractivity contribution is 5.93. The summed E-state index contributed by atoms with van der Waals surface area (Å²) >= 11 is 0. The van der Waals surface area contributed by atoms with Crippen LogP contribution in [0.2, 0.25) is 0 Å². The van der Waals surface area contributed by atoms with Crippen LogP contribution in [0.3, 0.4) is 0 Å². The first-order valence-corrected chi connectivity index (χ1v) is 13.3. The zero-order valence-corrected chi connectivity index (χ0v) is 23.3. The van der Waals surface area contributed by atoms with E-state index in [-0.39, 0.29) is 24.3 Å². The van der Waals surface area contributed by atoms with E-state index in [1.807, 2.05) is 32.0 Å². The Hall–Kier alpha value is -2.51. The van der Waals surface area contributed by atoms with Gasteiger partial charge in [0.1, 0.15) is 5.82 Å². The number of fused-ring (bicyclic) bond motifs is 1. The van der Waals surface area contributed by atoms with E-state index in [0.717, 1.165) is 66.7 Å². The van der Waals surface area contributed by atoms with E-state index in [4.69, 9.17) is 18.7 Å². The maximum Gasteiger partial charge on any atom is 0.180 e. The van der Waals surface area contributed by atoms with Gasteiger partial charge in [0.25, 0.3) is 0 Å². The fourth-order valence-corrected chi connectivity index (χ4v) is 5.12. The molecule has 1 saturated heterocycles. The standard InChI is InChI=1S/C29H39FN2O4.ClH/c1-5-11-23-22(24(30)19-27-28(23)29(31-36-27)32-15-8-7-9-16-32)12-10-17-35-25-14-13-21(18-26(25)33-4)20(3)34-6-2;/h13-14,18-20H,5-12,15-17H2,1-4H3;1H. The molecule has 2 aromatic carbocycles. The summed E-state index contributed by atoms with van der Waals surface area (Å²) in [6, 6.07) is 7.38. The molecule has 3 aromatic rings. The number of hydrogen-bond acceptors (Lipinski definition) is 6. The van der Waals surface area contributed by atoms with Crippen molar-refractivity contribution < 1.29 is 23.1 Å². The Balaban J connectivity index is 0.00000380. The highest BCUT2D eigenvalue weighted by Crippen LogP contribution is 2.36. The molecule has 0 bridgehead atoms. The Labute approximate surface area is 225 Å². The molecule has 37 heavy (non-hydrogen) atoms. The molecular weight excluding hydrogens is 495 g/mol. The maximum absolute atomic E-state index is 15.2. The Morgan fingerprint density at radius 2 is 1.84 bits per heavy atom. The summed E-state index contributed by atoms with van der Waals surface area (Å²) in [4.78, 5) is 2.29. The minimum absolute atomic E-state index is 0. The molecule has 1 aliphatic heterocycles. The molecule has 4 rings (SSSR count). The van der Waals surface area contributed by atoms with Gasteiger partial charge >= 0.3 is 0 Å². The molecule has 0 spiro atoms. The highest BCUT2D eigenvalue weighted by atomic mass is 35.5. The second-order valence-electron chi connectivity index (χ2n) is 9.45. The first-order chi connectivity index (χ1) is 17.6. The molecule has 1 atom stereocenters. The number of rotatable bonds is 12. The molecule has 6 nitrogen and oxygen atoms in total. The van der Waals surface area contributed by atoms with E-state index in [2.05, 4.69) is 17.0 Å². The monoisotopic (exact) mass is 534 g/mol. The Morgan fingerprint density at radius 3 is 2.54 bits per heavy atom. The van der Waals surface area contributed by atoms with Crippen LogP contribution in [0.1, 0.15) is 75.7 Å². The lowest BCUT2D eigenvalue weighted by Gasteiger charge is -2.27. The summed E-state index contributed by atoms with van der Waals surface area (Å²) in [6.45, 7) is 9.18. The largest absolute Gasteiger partial charge is 0.493 e. The summed E-state index contributed by atoms with van der Waals surface area (Å²) in [5.74, 6) is 2.01. The minimum Gasteiger partial charge on any atom is -0.493 e. The third kappa shape index (κ3) is 6.68. The first-order valence-electron chi connectivity index (χ1n) is 13.3. The van der Waals surface area contributed by atoms with Gasteiger partial charge in [0.05, 0.1) is 25.2 Å². The molecule has 2 heterocycles. The van der Waals surface area contributed by atoms with Gasteiger partial charge in [-0.3, -0.25) is 0 Å². The molecule has 1 fully saturated rings. The zero-order valence-electron chi connectivity index (χ0n) is 22.5. The molecule has 204 valence electrons. The summed E-state index contributed by atoms with van der Waals surface area (Å²) in [6.07, 6.45) is 6.52. The lowest BCUT2D eigenvalue weighted by Crippen LogP contribution is -2.29. The summed E-state index contributed by atoms with van der Waals surface area (Å²) < 4.78 is 38.1. The fourth-order valence-electron chi connectivity index (χ4n) is 5.12. The predicted molar refractivity (Wildman–Crippen MR) is 148 cm³/mol. The number of anilines is 1. The van der Waals surface area contributed by atoms with Crippen LogP contribution in [-0.2, 0) is 17.6 Å². The molecule has 0 aliphatic carbocycles. The summed E-state index contributed by atoms with van der Waals surface area (Å²) in [5.41, 5.74) is 3.37. The lowest BCUT2D eigenvalue weighted by atomic mass is 9.94. The third-order valence-electron chi connectivity index (χ3n) is 6.97. The molecule has 0 amide bonds. The number of nitrogens with zero attached hydrogens (tertiary/aromatic N) is 2. The molecule has 0 saturated carbocycles. The van der Waals surface area contributed by atoms with Gasteiger partial charge in [-0.2, -0.15) is 0 Å². The van der Waals surface area contributed by atoms with E-state index in [0.29, 0.717) is 43.1 Å². The van der Waals surface area contributed by atoms with Gasteiger partial charge < -0.3 is 23.6 Å². The second-order valence-corrected chi connectivity index (χ2v) is 9.45. The summed E-state index contributed by atoms with van der Waals surface area (Å²) in [5, 5.41) is 5.35. The molecule has 1 aromatic heterocycles. The highest BCUT2D eigenvalue weighted by Gasteiger charge is 2.24. The van der Waals surface area contributed by atoms with E-state index in [9.17, 15) is 0 Å². The average Bonchev–Trinajstić information content (AvgIpc) is 3.32. The molecule has 8 heteroatoms. The number of ether oxygens (including phenoxy) is 3. The second kappa shape index (κ2) is 13.9. The number of aryl methyl sites for hydroxylation is 1. The number of methoxy groups -OCH3 is 1. The van der Waals surface area contributed by atoms with Crippen molar-refractivity contribution in [3.63, 3.8) is 0 Å². The van der Waals surface area contributed by atoms with Crippen LogP contribution in [0.15, 0.2) is 28.8 Å². The molecular formula is C29H40ClFN2O4. The van der Waals surface area contributed by atoms with Crippen LogP contribution in [0.5, 0.6) is 11.5 Å². The summed E-state index contributed by atoms with van der Waals surface area (Å²) in [7, 11) is 1.64. The van der Waals surface area contributed by atoms with Gasteiger partial charge in [-0.15, -0.1) is 12.4 Å². The van der Waals surface area contributed by atoms with Gasteiger partial charge in [-0.05, 0) is 81.2 Å². The number of benzene rings is 2. The number of aromatic nitrogens is 1. The van der Waals surface area contributed by atoms with Gasteiger partial charge in [-0.1, -0.05) is 24.6 Å². The van der Waals surface area contributed by atoms with Crippen LogP contribution >= 0.6 is 12.4 Å². The van der Waals surface area contributed by atoms with Gasteiger partial charge in [-0.25, -0.2) is 4.39 Å². The van der Waals surface area contributed by atoms with Crippen molar-refractivity contribution in [2.75, 3.05) is 38.3 Å². The van der Waals surface area contributed by atoms with E-state index in [1.165, 1.54) is 12.5 Å². The first kappa shape index (κ1) is 29.1.